The third kappa shape index (κ3) is 3.61. The first-order chi connectivity index (χ1) is 7.00. The van der Waals surface area contributed by atoms with Crippen LogP contribution in [-0.4, -0.2) is 25.5 Å². The van der Waals surface area contributed by atoms with Crippen molar-refractivity contribution < 1.29 is 4.39 Å². The summed E-state index contributed by atoms with van der Waals surface area (Å²) in [6.07, 6.45) is 0.843. The Kier molecular flexibility index (Phi) is 4.24. The highest BCUT2D eigenvalue weighted by Gasteiger charge is 2.08. The first-order valence-electron chi connectivity index (χ1n) is 5.17. The predicted octanol–water partition coefficient (Wildman–Crippen LogP) is 2.09. The van der Waals surface area contributed by atoms with Crippen molar-refractivity contribution in [2.45, 2.75) is 19.4 Å². The van der Waals surface area contributed by atoms with Crippen molar-refractivity contribution >= 4 is 0 Å². The smallest absolute Gasteiger partial charge is 0.126 e. The first kappa shape index (κ1) is 12.1. The summed E-state index contributed by atoms with van der Waals surface area (Å²) >= 11 is 0. The van der Waals surface area contributed by atoms with Gasteiger partial charge >= 0.3 is 0 Å². The largest absolute Gasteiger partial charge is 0.324 e. The molecule has 0 aliphatic carbocycles. The van der Waals surface area contributed by atoms with Gasteiger partial charge in [-0.05, 0) is 51.2 Å². The number of nitrogens with two attached hydrogens (primary N) is 1. The third-order valence-corrected chi connectivity index (χ3v) is 2.51. The van der Waals surface area contributed by atoms with Crippen molar-refractivity contribution in [1.82, 2.24) is 4.90 Å². The average Bonchev–Trinajstić information content (AvgIpc) is 2.18. The van der Waals surface area contributed by atoms with Gasteiger partial charge in [0, 0.05) is 6.04 Å². The van der Waals surface area contributed by atoms with E-state index in [4.69, 9.17) is 5.73 Å². The Hall–Kier alpha value is -0.930. The van der Waals surface area contributed by atoms with Crippen LogP contribution in [0.5, 0.6) is 0 Å². The Morgan fingerprint density at radius 3 is 2.60 bits per heavy atom. The van der Waals surface area contributed by atoms with Crippen LogP contribution < -0.4 is 5.73 Å². The number of rotatable bonds is 4. The van der Waals surface area contributed by atoms with Crippen LogP contribution in [0.25, 0.3) is 0 Å². The Bertz CT molecular complexity index is 323. The fraction of sp³-hybridized carbons (Fsp3) is 0.500. The number of aryl methyl sites for hydroxylation is 1. The fourth-order valence-electron chi connectivity index (χ4n) is 1.40. The van der Waals surface area contributed by atoms with Gasteiger partial charge in [0.15, 0.2) is 0 Å². The summed E-state index contributed by atoms with van der Waals surface area (Å²) in [5, 5.41) is 0. The van der Waals surface area contributed by atoms with Gasteiger partial charge in [0.05, 0.1) is 0 Å². The molecular formula is C12H19FN2. The second-order valence-corrected chi connectivity index (χ2v) is 4.21. The minimum Gasteiger partial charge on any atom is -0.324 e. The van der Waals surface area contributed by atoms with Crippen molar-refractivity contribution in [1.29, 1.82) is 0 Å². The molecule has 0 aromatic heterocycles. The molecule has 1 unspecified atom stereocenters. The van der Waals surface area contributed by atoms with Gasteiger partial charge in [-0.15, -0.1) is 0 Å². The van der Waals surface area contributed by atoms with Crippen molar-refractivity contribution in [3.05, 3.63) is 35.1 Å². The molecule has 3 heteroatoms. The lowest BCUT2D eigenvalue weighted by atomic mass is 10.0. The number of halogens is 1. The zero-order chi connectivity index (χ0) is 11.4. The maximum atomic E-state index is 13.3. The van der Waals surface area contributed by atoms with E-state index in [1.54, 1.807) is 13.0 Å². The summed E-state index contributed by atoms with van der Waals surface area (Å²) in [7, 11) is 4.00. The molecule has 0 saturated heterocycles. The fourth-order valence-corrected chi connectivity index (χ4v) is 1.40. The highest BCUT2D eigenvalue weighted by molar-refractivity contribution is 5.25. The van der Waals surface area contributed by atoms with E-state index >= 15 is 0 Å². The monoisotopic (exact) mass is 210 g/mol. The minimum absolute atomic E-state index is 0.0810. The van der Waals surface area contributed by atoms with Gasteiger partial charge in [-0.1, -0.05) is 12.1 Å². The molecule has 1 aromatic rings. The molecule has 0 radical (unpaired) electrons. The first-order valence-corrected chi connectivity index (χ1v) is 5.17. The molecule has 1 aromatic carbocycles. The summed E-state index contributed by atoms with van der Waals surface area (Å²) in [6, 6.07) is 5.14. The average molecular weight is 210 g/mol. The van der Waals surface area contributed by atoms with Gasteiger partial charge in [0.25, 0.3) is 0 Å². The van der Waals surface area contributed by atoms with E-state index in [0.717, 1.165) is 18.5 Å². The molecule has 0 aliphatic rings. The highest BCUT2D eigenvalue weighted by Crippen LogP contribution is 2.17. The second kappa shape index (κ2) is 5.24. The summed E-state index contributed by atoms with van der Waals surface area (Å²) in [4.78, 5) is 2.07. The van der Waals surface area contributed by atoms with Gasteiger partial charge in [-0.3, -0.25) is 0 Å². The Morgan fingerprint density at radius 1 is 1.40 bits per heavy atom. The van der Waals surface area contributed by atoms with Crippen LogP contribution in [0.1, 0.15) is 23.6 Å². The summed E-state index contributed by atoms with van der Waals surface area (Å²) in [5.74, 6) is -0.173. The van der Waals surface area contributed by atoms with Gasteiger partial charge in [0.2, 0.25) is 0 Å². The van der Waals surface area contributed by atoms with E-state index in [0.29, 0.717) is 5.56 Å². The molecule has 0 fully saturated rings. The summed E-state index contributed by atoms with van der Waals surface area (Å²) in [6.45, 7) is 2.67. The Labute approximate surface area is 90.9 Å². The maximum absolute atomic E-state index is 13.3. The number of benzene rings is 1. The quantitative estimate of drug-likeness (QED) is 0.824. The molecule has 0 saturated carbocycles. The van der Waals surface area contributed by atoms with Gasteiger partial charge in [0.1, 0.15) is 5.82 Å². The second-order valence-electron chi connectivity index (χ2n) is 4.21. The Morgan fingerprint density at radius 2 is 2.07 bits per heavy atom. The van der Waals surface area contributed by atoms with Crippen LogP contribution in [0, 0.1) is 12.7 Å². The molecule has 1 rings (SSSR count). The standard InChI is InChI=1S/C12H19FN2/c1-9-4-5-10(8-11(9)13)12(14)6-7-15(2)3/h4-5,8,12H,6-7,14H2,1-3H3. The van der Waals surface area contributed by atoms with Gasteiger partial charge in [-0.2, -0.15) is 0 Å². The molecule has 84 valence electrons. The topological polar surface area (TPSA) is 29.3 Å². The molecule has 2 nitrogen and oxygen atoms in total. The van der Waals surface area contributed by atoms with E-state index in [1.807, 2.05) is 20.2 Å². The van der Waals surface area contributed by atoms with Crippen molar-refractivity contribution in [3.8, 4) is 0 Å². The van der Waals surface area contributed by atoms with Crippen LogP contribution in [0.3, 0.4) is 0 Å². The van der Waals surface area contributed by atoms with Crippen molar-refractivity contribution in [3.63, 3.8) is 0 Å². The minimum atomic E-state index is -0.173. The van der Waals surface area contributed by atoms with E-state index in [9.17, 15) is 4.39 Å². The Balaban J connectivity index is 2.65. The molecule has 0 spiro atoms. The summed E-state index contributed by atoms with van der Waals surface area (Å²) in [5.41, 5.74) is 7.51. The van der Waals surface area contributed by atoms with E-state index in [2.05, 4.69) is 4.90 Å². The number of hydrogen-bond acceptors (Lipinski definition) is 2. The summed E-state index contributed by atoms with van der Waals surface area (Å²) < 4.78 is 13.3. The molecule has 15 heavy (non-hydrogen) atoms. The van der Waals surface area contributed by atoms with E-state index in [-0.39, 0.29) is 11.9 Å². The highest BCUT2D eigenvalue weighted by atomic mass is 19.1. The van der Waals surface area contributed by atoms with Gasteiger partial charge in [-0.25, -0.2) is 4.39 Å². The third-order valence-electron chi connectivity index (χ3n) is 2.51. The molecule has 0 heterocycles. The zero-order valence-electron chi connectivity index (χ0n) is 9.63. The van der Waals surface area contributed by atoms with Crippen LogP contribution in [0.15, 0.2) is 18.2 Å². The van der Waals surface area contributed by atoms with Crippen LogP contribution in [0.2, 0.25) is 0 Å². The predicted molar refractivity (Wildman–Crippen MR) is 61.2 cm³/mol. The molecule has 0 amide bonds. The van der Waals surface area contributed by atoms with E-state index < -0.39 is 0 Å². The molecular weight excluding hydrogens is 191 g/mol. The number of nitrogens with zero attached hydrogens (tertiary/aromatic N) is 1. The lowest BCUT2D eigenvalue weighted by Gasteiger charge is -2.15. The molecule has 2 N–H and O–H groups in total. The van der Waals surface area contributed by atoms with Gasteiger partial charge < -0.3 is 10.6 Å². The lowest BCUT2D eigenvalue weighted by molar-refractivity contribution is 0.382. The van der Waals surface area contributed by atoms with Crippen molar-refractivity contribution in [2.24, 2.45) is 5.73 Å². The van der Waals surface area contributed by atoms with Crippen LogP contribution in [0.4, 0.5) is 4.39 Å². The number of hydrogen-bond donors (Lipinski definition) is 1. The lowest BCUT2D eigenvalue weighted by Crippen LogP contribution is -2.20. The molecule has 0 bridgehead atoms. The van der Waals surface area contributed by atoms with Crippen molar-refractivity contribution in [2.75, 3.05) is 20.6 Å². The maximum Gasteiger partial charge on any atom is 0.126 e. The molecule has 1 atom stereocenters. The van der Waals surface area contributed by atoms with Crippen LogP contribution in [-0.2, 0) is 0 Å². The zero-order valence-corrected chi connectivity index (χ0v) is 9.63. The molecule has 0 aliphatic heterocycles. The SMILES string of the molecule is Cc1ccc(C(N)CCN(C)C)cc1F. The van der Waals surface area contributed by atoms with Crippen LogP contribution >= 0.6 is 0 Å². The van der Waals surface area contributed by atoms with E-state index in [1.165, 1.54) is 6.07 Å². The normalized spacial score (nSPS) is 13.2.